The highest BCUT2D eigenvalue weighted by Gasteiger charge is 2.09. The van der Waals surface area contributed by atoms with Crippen LogP contribution in [0.15, 0.2) is 57.9 Å². The van der Waals surface area contributed by atoms with E-state index in [1.807, 2.05) is 23.6 Å². The summed E-state index contributed by atoms with van der Waals surface area (Å²) in [5.41, 5.74) is 6.51. The van der Waals surface area contributed by atoms with Crippen molar-refractivity contribution in [3.63, 3.8) is 0 Å². The molecule has 3 aromatic rings. The second kappa shape index (κ2) is 5.41. The van der Waals surface area contributed by atoms with Crippen molar-refractivity contribution in [2.24, 2.45) is 10.9 Å². The van der Waals surface area contributed by atoms with E-state index < -0.39 is 0 Å². The summed E-state index contributed by atoms with van der Waals surface area (Å²) in [6.45, 7) is 0.454. The first-order valence-electron chi connectivity index (χ1n) is 6.33. The molecule has 0 atom stereocenters. The summed E-state index contributed by atoms with van der Waals surface area (Å²) in [5.74, 6) is -0.176. The van der Waals surface area contributed by atoms with Gasteiger partial charge in [-0.2, -0.15) is 0 Å². The first-order chi connectivity index (χ1) is 10.2. The van der Waals surface area contributed by atoms with Gasteiger partial charge in [0.25, 0.3) is 5.56 Å². The number of rotatable bonds is 3. The summed E-state index contributed by atoms with van der Waals surface area (Å²) in [5, 5.41) is 14.8. The van der Waals surface area contributed by atoms with Gasteiger partial charge in [0.05, 0.1) is 12.1 Å². The van der Waals surface area contributed by atoms with Gasteiger partial charge < -0.3 is 15.5 Å². The Bertz CT molecular complexity index is 880. The van der Waals surface area contributed by atoms with E-state index in [0.29, 0.717) is 6.54 Å². The third-order valence-corrected chi connectivity index (χ3v) is 4.32. The van der Waals surface area contributed by atoms with Crippen molar-refractivity contribution in [2.75, 3.05) is 0 Å². The average molecular weight is 299 g/mol. The highest BCUT2D eigenvalue weighted by Crippen LogP contribution is 2.25. The number of fused-ring (bicyclic) bond motifs is 1. The van der Waals surface area contributed by atoms with Crippen LogP contribution in [0.5, 0.6) is 0 Å². The lowest BCUT2D eigenvalue weighted by molar-refractivity contribution is 0.318. The molecule has 0 saturated heterocycles. The molecule has 6 heteroatoms. The lowest BCUT2D eigenvalue weighted by Crippen LogP contribution is -2.29. The van der Waals surface area contributed by atoms with Crippen molar-refractivity contribution in [3.05, 3.63) is 69.5 Å². The number of aromatic nitrogens is 1. The molecule has 0 aliphatic rings. The molecular weight excluding hydrogens is 286 g/mol. The highest BCUT2D eigenvalue weighted by atomic mass is 32.1. The number of hydrogen-bond acceptors (Lipinski definition) is 4. The molecular formula is C15H13N3O2S. The van der Waals surface area contributed by atoms with Crippen LogP contribution in [0.1, 0.15) is 11.1 Å². The molecule has 0 spiro atoms. The largest absolute Gasteiger partial charge is 0.409 e. The van der Waals surface area contributed by atoms with Crippen LogP contribution in [0.3, 0.4) is 0 Å². The average Bonchev–Trinajstić information content (AvgIpc) is 2.92. The molecule has 0 bridgehead atoms. The number of oxime groups is 1. The van der Waals surface area contributed by atoms with Gasteiger partial charge in [0.15, 0.2) is 5.84 Å². The molecule has 1 aromatic carbocycles. The Hall–Kier alpha value is -2.60. The molecule has 106 valence electrons. The summed E-state index contributed by atoms with van der Waals surface area (Å²) in [7, 11) is 0. The van der Waals surface area contributed by atoms with Crippen molar-refractivity contribution >= 4 is 27.3 Å². The number of pyridine rings is 1. The fraction of sp³-hybridized carbons (Fsp3) is 0.0667. The monoisotopic (exact) mass is 299 g/mol. The van der Waals surface area contributed by atoms with Gasteiger partial charge in [0.2, 0.25) is 0 Å². The van der Waals surface area contributed by atoms with Gasteiger partial charge in [-0.05, 0) is 34.5 Å². The third-order valence-electron chi connectivity index (χ3n) is 3.31. The molecule has 2 aromatic heterocycles. The Kier molecular flexibility index (Phi) is 3.45. The maximum atomic E-state index is 12.3. The summed E-state index contributed by atoms with van der Waals surface area (Å²) >= 11 is 1.65. The minimum absolute atomic E-state index is 0.176. The summed E-state index contributed by atoms with van der Waals surface area (Å²) < 4.78 is 2.75. The van der Waals surface area contributed by atoms with E-state index in [1.54, 1.807) is 34.2 Å². The van der Waals surface area contributed by atoms with Crippen molar-refractivity contribution in [2.45, 2.75) is 6.54 Å². The van der Waals surface area contributed by atoms with Crippen LogP contribution in [0, 0.1) is 0 Å². The van der Waals surface area contributed by atoms with Crippen molar-refractivity contribution in [1.82, 2.24) is 4.57 Å². The molecule has 0 aliphatic heterocycles. The van der Waals surface area contributed by atoms with Crippen LogP contribution >= 0.6 is 11.3 Å². The maximum Gasteiger partial charge on any atom is 0.261 e. The van der Waals surface area contributed by atoms with Crippen LogP contribution in [-0.4, -0.2) is 15.6 Å². The zero-order chi connectivity index (χ0) is 14.8. The Morgan fingerprint density at radius 3 is 2.90 bits per heavy atom. The van der Waals surface area contributed by atoms with Crippen molar-refractivity contribution in [1.29, 1.82) is 0 Å². The molecule has 0 saturated carbocycles. The standard InChI is InChI=1S/C15H13N3O2S/c16-14(17-20)12-5-3-7-18(15(12)19)8-10-9-21-13-6-2-1-4-11(10)13/h1-7,9,20H,8H2,(H2,16,17). The van der Waals surface area contributed by atoms with E-state index in [1.165, 1.54) is 4.70 Å². The predicted molar refractivity (Wildman–Crippen MR) is 84.1 cm³/mol. The van der Waals surface area contributed by atoms with E-state index in [0.717, 1.165) is 10.9 Å². The van der Waals surface area contributed by atoms with Crippen LogP contribution in [0.4, 0.5) is 0 Å². The fourth-order valence-electron chi connectivity index (χ4n) is 2.25. The van der Waals surface area contributed by atoms with Crippen LogP contribution in [0.2, 0.25) is 0 Å². The van der Waals surface area contributed by atoms with Gasteiger partial charge in [0, 0.05) is 10.9 Å². The quantitative estimate of drug-likeness (QED) is 0.337. The Balaban J connectivity index is 2.05. The minimum Gasteiger partial charge on any atom is -0.409 e. The Labute approximate surface area is 124 Å². The minimum atomic E-state index is -0.275. The van der Waals surface area contributed by atoms with Crippen molar-refractivity contribution in [3.8, 4) is 0 Å². The Morgan fingerprint density at radius 1 is 1.29 bits per heavy atom. The lowest BCUT2D eigenvalue weighted by Gasteiger charge is -2.07. The Morgan fingerprint density at radius 2 is 2.10 bits per heavy atom. The second-order valence-corrected chi connectivity index (χ2v) is 5.51. The van der Waals surface area contributed by atoms with E-state index in [4.69, 9.17) is 10.9 Å². The molecule has 0 radical (unpaired) electrons. The molecule has 3 rings (SSSR count). The number of hydrogen-bond donors (Lipinski definition) is 2. The first-order valence-corrected chi connectivity index (χ1v) is 7.21. The van der Waals surface area contributed by atoms with E-state index in [2.05, 4.69) is 11.2 Å². The fourth-order valence-corrected chi connectivity index (χ4v) is 3.20. The maximum absolute atomic E-state index is 12.3. The third kappa shape index (κ3) is 2.41. The van der Waals surface area contributed by atoms with E-state index >= 15 is 0 Å². The molecule has 2 heterocycles. The SMILES string of the molecule is N/C(=N/O)c1cccn(Cc2csc3ccccc23)c1=O. The van der Waals surface area contributed by atoms with Crippen LogP contribution in [0.25, 0.3) is 10.1 Å². The molecule has 0 amide bonds. The highest BCUT2D eigenvalue weighted by molar-refractivity contribution is 7.17. The molecule has 21 heavy (non-hydrogen) atoms. The molecule has 0 fully saturated rings. The van der Waals surface area contributed by atoms with Gasteiger partial charge in [-0.3, -0.25) is 4.79 Å². The molecule has 0 unspecified atom stereocenters. The molecule has 0 aliphatic carbocycles. The topological polar surface area (TPSA) is 80.6 Å². The van der Waals surface area contributed by atoms with Crippen LogP contribution < -0.4 is 11.3 Å². The second-order valence-electron chi connectivity index (χ2n) is 4.60. The number of nitrogens with zero attached hydrogens (tertiary/aromatic N) is 2. The zero-order valence-corrected chi connectivity index (χ0v) is 11.9. The number of thiophene rings is 1. The number of amidine groups is 1. The van der Waals surface area contributed by atoms with Gasteiger partial charge in [-0.25, -0.2) is 0 Å². The van der Waals surface area contributed by atoms with E-state index in [-0.39, 0.29) is 17.0 Å². The van der Waals surface area contributed by atoms with Gasteiger partial charge in [0.1, 0.15) is 0 Å². The number of nitrogens with two attached hydrogens (primary N) is 1. The summed E-state index contributed by atoms with van der Waals surface area (Å²) in [4.78, 5) is 12.3. The number of benzene rings is 1. The lowest BCUT2D eigenvalue weighted by atomic mass is 10.1. The molecule has 3 N–H and O–H groups in total. The zero-order valence-electron chi connectivity index (χ0n) is 11.1. The summed E-state index contributed by atoms with van der Waals surface area (Å²) in [6.07, 6.45) is 1.70. The summed E-state index contributed by atoms with van der Waals surface area (Å²) in [6, 6.07) is 11.3. The van der Waals surface area contributed by atoms with Gasteiger partial charge >= 0.3 is 0 Å². The van der Waals surface area contributed by atoms with Gasteiger partial charge in [-0.15, -0.1) is 11.3 Å². The predicted octanol–water partition coefficient (Wildman–Crippen LogP) is 2.21. The smallest absolute Gasteiger partial charge is 0.261 e. The first kappa shape index (κ1) is 13.4. The van der Waals surface area contributed by atoms with E-state index in [9.17, 15) is 4.79 Å². The van der Waals surface area contributed by atoms with Crippen LogP contribution in [-0.2, 0) is 6.54 Å². The molecule has 5 nitrogen and oxygen atoms in total. The van der Waals surface area contributed by atoms with Crippen molar-refractivity contribution < 1.29 is 5.21 Å². The normalized spacial score (nSPS) is 11.9. The van der Waals surface area contributed by atoms with Gasteiger partial charge in [-0.1, -0.05) is 23.4 Å².